The van der Waals surface area contributed by atoms with Gasteiger partial charge in [0, 0.05) is 20.3 Å². The number of hydrogen-bond acceptors (Lipinski definition) is 2. The number of halogens is 1. The summed E-state index contributed by atoms with van der Waals surface area (Å²) >= 11 is 1.68. The van der Waals surface area contributed by atoms with Gasteiger partial charge in [0.15, 0.2) is 0 Å². The minimum atomic E-state index is 0. The first-order valence-electron chi connectivity index (χ1n) is 7.67. The van der Waals surface area contributed by atoms with Crippen molar-refractivity contribution in [1.82, 2.24) is 4.57 Å². The summed E-state index contributed by atoms with van der Waals surface area (Å²) in [6, 6.07) is 0. The van der Waals surface area contributed by atoms with Crippen molar-refractivity contribution in [3.8, 4) is 0 Å². The van der Waals surface area contributed by atoms with E-state index in [1.807, 2.05) is 0 Å². The fourth-order valence-corrected chi connectivity index (χ4v) is 4.18. The van der Waals surface area contributed by atoms with Crippen LogP contribution in [0, 0.1) is 19.8 Å². The molecule has 0 amide bonds. The Bertz CT molecular complexity index is 467. The lowest BCUT2D eigenvalue weighted by molar-refractivity contribution is -0.715. The van der Waals surface area contributed by atoms with E-state index in [4.69, 9.17) is 0 Å². The van der Waals surface area contributed by atoms with Gasteiger partial charge in [0.05, 0.1) is 19.8 Å². The molecular weight excluding hydrogens is 304 g/mol. The summed E-state index contributed by atoms with van der Waals surface area (Å²) in [7, 11) is 4.16. The van der Waals surface area contributed by atoms with Crippen molar-refractivity contribution in [3.63, 3.8) is 0 Å². The van der Waals surface area contributed by atoms with Crippen LogP contribution in [0.1, 0.15) is 49.9 Å². The van der Waals surface area contributed by atoms with Crippen molar-refractivity contribution in [3.05, 3.63) is 11.4 Å². The number of nitrogens with zero attached hydrogens (tertiary/aromatic N) is 2. The van der Waals surface area contributed by atoms with E-state index < -0.39 is 0 Å². The van der Waals surface area contributed by atoms with Crippen molar-refractivity contribution < 1.29 is 21.8 Å². The largest absolute Gasteiger partial charge is 1.00 e. The number of carbonyl (C=O) groups is 1. The molecule has 0 saturated heterocycles. The summed E-state index contributed by atoms with van der Waals surface area (Å²) < 4.78 is 4.38. The number of hydrogen-bond donors (Lipinski definition) is 0. The predicted molar refractivity (Wildman–Crippen MR) is 83.0 cm³/mol. The van der Waals surface area contributed by atoms with E-state index in [0.717, 1.165) is 6.42 Å². The van der Waals surface area contributed by atoms with Crippen LogP contribution in [0.25, 0.3) is 0 Å². The molecule has 3 nitrogen and oxygen atoms in total. The number of imidazole rings is 1. The van der Waals surface area contributed by atoms with Crippen molar-refractivity contribution in [2.75, 3.05) is 5.75 Å². The second-order valence-electron chi connectivity index (χ2n) is 6.11. The molecule has 0 aromatic carbocycles. The normalized spacial score (nSPS) is 15.8. The molecule has 1 aromatic heterocycles. The number of Topliss-reactive ketones (excluding diaryl/α,β-unsaturated/α-hetero) is 1. The van der Waals surface area contributed by atoms with E-state index in [1.165, 1.54) is 48.6 Å². The molecule has 0 bridgehead atoms. The van der Waals surface area contributed by atoms with Crippen molar-refractivity contribution in [2.45, 2.75) is 57.5 Å². The van der Waals surface area contributed by atoms with Crippen LogP contribution >= 0.6 is 11.8 Å². The van der Waals surface area contributed by atoms with Crippen molar-refractivity contribution >= 4 is 17.5 Å². The molecule has 0 unspecified atom stereocenters. The minimum Gasteiger partial charge on any atom is -1.00 e. The maximum Gasteiger partial charge on any atom is 0.318 e. The molecule has 1 aliphatic rings. The summed E-state index contributed by atoms with van der Waals surface area (Å²) in [6.45, 7) is 4.26. The molecule has 2 rings (SSSR count). The molecule has 5 heteroatoms. The lowest BCUT2D eigenvalue weighted by Crippen LogP contribution is -3.00. The molecule has 0 atom stereocenters. The lowest BCUT2D eigenvalue weighted by atomic mass is 9.86. The van der Waals surface area contributed by atoms with Gasteiger partial charge in [0.25, 0.3) is 0 Å². The molecule has 21 heavy (non-hydrogen) atoms. The van der Waals surface area contributed by atoms with Crippen molar-refractivity contribution in [1.29, 1.82) is 0 Å². The Kier molecular flexibility index (Phi) is 7.28. The van der Waals surface area contributed by atoms with Gasteiger partial charge in [-0.05, 0) is 17.7 Å². The van der Waals surface area contributed by atoms with Crippen LogP contribution in [0.5, 0.6) is 0 Å². The van der Waals surface area contributed by atoms with E-state index >= 15 is 0 Å². The molecule has 1 aromatic rings. The Morgan fingerprint density at radius 2 is 1.90 bits per heavy atom. The highest BCUT2D eigenvalue weighted by atomic mass is 35.5. The molecular formula is C16H27ClN2OS. The summed E-state index contributed by atoms with van der Waals surface area (Å²) in [5.74, 6) is 1.68. The van der Waals surface area contributed by atoms with E-state index in [0.29, 0.717) is 17.5 Å². The first kappa shape index (κ1) is 18.6. The fraction of sp³-hybridized carbons (Fsp3) is 0.750. The Morgan fingerprint density at radius 3 is 2.43 bits per heavy atom. The van der Waals surface area contributed by atoms with Gasteiger partial charge in [-0.15, -0.1) is 0 Å². The molecule has 1 fully saturated rings. The lowest BCUT2D eigenvalue weighted by Gasteiger charge is -2.20. The molecule has 0 aliphatic heterocycles. The Balaban J connectivity index is 0.00000220. The number of aromatic nitrogens is 2. The highest BCUT2D eigenvalue weighted by Crippen LogP contribution is 2.27. The number of rotatable bonds is 5. The molecule has 1 aliphatic carbocycles. The summed E-state index contributed by atoms with van der Waals surface area (Å²) in [6.07, 6.45) is 7.29. The zero-order valence-electron chi connectivity index (χ0n) is 13.6. The molecule has 0 spiro atoms. The monoisotopic (exact) mass is 330 g/mol. The first-order valence-corrected chi connectivity index (χ1v) is 8.65. The van der Waals surface area contributed by atoms with Crippen LogP contribution < -0.4 is 17.0 Å². The zero-order valence-corrected chi connectivity index (χ0v) is 15.2. The predicted octanol–water partition coefficient (Wildman–Crippen LogP) is 0.102. The second kappa shape index (κ2) is 8.23. The van der Waals surface area contributed by atoms with Crippen LogP contribution in [-0.2, 0) is 18.9 Å². The van der Waals surface area contributed by atoms with Gasteiger partial charge >= 0.3 is 5.16 Å². The maximum absolute atomic E-state index is 12.2. The third kappa shape index (κ3) is 4.49. The topological polar surface area (TPSA) is 25.9 Å². The quantitative estimate of drug-likeness (QED) is 0.565. The van der Waals surface area contributed by atoms with Crippen LogP contribution in [0.2, 0.25) is 0 Å². The third-order valence-corrected chi connectivity index (χ3v) is 5.98. The van der Waals surface area contributed by atoms with Gasteiger partial charge < -0.3 is 12.4 Å². The summed E-state index contributed by atoms with van der Waals surface area (Å²) in [5.41, 5.74) is 2.55. The molecule has 1 saturated carbocycles. The van der Waals surface area contributed by atoms with Gasteiger partial charge in [-0.1, -0.05) is 32.1 Å². The average Bonchev–Trinajstić information content (AvgIpc) is 2.62. The molecule has 0 radical (unpaired) electrons. The molecule has 1 heterocycles. The highest BCUT2D eigenvalue weighted by molar-refractivity contribution is 7.99. The highest BCUT2D eigenvalue weighted by Gasteiger charge is 2.23. The van der Waals surface area contributed by atoms with Gasteiger partial charge in [-0.3, -0.25) is 4.79 Å². The molecule has 0 N–H and O–H groups in total. The Hall–Kier alpha value is -0.480. The van der Waals surface area contributed by atoms with Crippen LogP contribution in [0.4, 0.5) is 0 Å². The van der Waals surface area contributed by atoms with Crippen LogP contribution in [-0.4, -0.2) is 16.1 Å². The van der Waals surface area contributed by atoms with Crippen LogP contribution in [0.3, 0.4) is 0 Å². The SMILES string of the molecule is Cc1c(C)[n+](C)c(SCC(=O)CC2CCCCC2)n1C.[Cl-]. The van der Waals surface area contributed by atoms with Gasteiger partial charge in [-0.25, -0.2) is 9.13 Å². The van der Waals surface area contributed by atoms with Crippen LogP contribution in [0.15, 0.2) is 5.16 Å². The van der Waals surface area contributed by atoms with E-state index in [1.54, 1.807) is 11.8 Å². The standard InChI is InChI=1S/C16H27N2OS.ClH/c1-12-13(2)18(4)16(17(12)3)20-11-15(19)10-14-8-6-5-7-9-14;/h14H,5-11H2,1-4H3;1H/q+1;/p-1. The van der Waals surface area contributed by atoms with E-state index in [-0.39, 0.29) is 12.4 Å². The minimum absolute atomic E-state index is 0. The maximum atomic E-state index is 12.2. The van der Waals surface area contributed by atoms with Crippen molar-refractivity contribution in [2.24, 2.45) is 20.0 Å². The molecule has 120 valence electrons. The summed E-state index contributed by atoms with van der Waals surface area (Å²) in [4.78, 5) is 12.2. The fourth-order valence-electron chi connectivity index (χ4n) is 3.11. The number of thioether (sulfide) groups is 1. The number of carbonyl (C=O) groups excluding carboxylic acids is 1. The summed E-state index contributed by atoms with van der Waals surface area (Å²) in [5, 5.41) is 1.18. The van der Waals surface area contributed by atoms with E-state index in [2.05, 4.69) is 37.1 Å². The first-order chi connectivity index (χ1) is 9.50. The Labute approximate surface area is 138 Å². The Morgan fingerprint density at radius 1 is 1.29 bits per heavy atom. The second-order valence-corrected chi connectivity index (χ2v) is 7.05. The smallest absolute Gasteiger partial charge is 0.318 e. The zero-order chi connectivity index (χ0) is 14.7. The third-order valence-electron chi connectivity index (χ3n) is 4.71. The van der Waals surface area contributed by atoms with Gasteiger partial charge in [-0.2, -0.15) is 0 Å². The average molecular weight is 331 g/mol. The van der Waals surface area contributed by atoms with Gasteiger partial charge in [0.1, 0.15) is 17.2 Å². The van der Waals surface area contributed by atoms with E-state index in [9.17, 15) is 4.79 Å². The van der Waals surface area contributed by atoms with Gasteiger partial charge in [0.2, 0.25) is 0 Å². The number of ketones is 1.